The molecule has 1 aromatic heterocycles. The van der Waals surface area contributed by atoms with E-state index in [0.29, 0.717) is 0 Å². The molecular weight excluding hydrogens is 312 g/mol. The van der Waals surface area contributed by atoms with Crippen molar-refractivity contribution in [2.75, 3.05) is 6.54 Å². The average molecular weight is 327 g/mol. The molecule has 0 amide bonds. The van der Waals surface area contributed by atoms with Crippen LogP contribution in [0.25, 0.3) is 10.9 Å². The van der Waals surface area contributed by atoms with Crippen LogP contribution in [0.1, 0.15) is 22.9 Å². The molecule has 0 saturated carbocycles. The van der Waals surface area contributed by atoms with Gasteiger partial charge in [0, 0.05) is 27.6 Å². The van der Waals surface area contributed by atoms with Crippen molar-refractivity contribution >= 4 is 26.8 Å². The van der Waals surface area contributed by atoms with Crippen molar-refractivity contribution in [1.29, 1.82) is 0 Å². The lowest BCUT2D eigenvalue weighted by atomic mass is 9.94. The Morgan fingerprint density at radius 3 is 2.70 bits per heavy atom. The minimum Gasteiger partial charge on any atom is -0.357 e. The molecule has 0 radical (unpaired) electrons. The van der Waals surface area contributed by atoms with Crippen LogP contribution in [-0.2, 0) is 6.42 Å². The summed E-state index contributed by atoms with van der Waals surface area (Å²) < 4.78 is 1.16. The van der Waals surface area contributed by atoms with E-state index < -0.39 is 0 Å². The zero-order valence-electron chi connectivity index (χ0n) is 11.0. The summed E-state index contributed by atoms with van der Waals surface area (Å²) in [6.45, 7) is 1.01. The Kier molecular flexibility index (Phi) is 2.90. The summed E-state index contributed by atoms with van der Waals surface area (Å²) in [5.74, 6) is 0. The van der Waals surface area contributed by atoms with Gasteiger partial charge in [0.2, 0.25) is 0 Å². The second-order valence-electron chi connectivity index (χ2n) is 5.22. The van der Waals surface area contributed by atoms with Gasteiger partial charge in [-0.3, -0.25) is 0 Å². The van der Waals surface area contributed by atoms with Crippen molar-refractivity contribution < 1.29 is 0 Å². The molecule has 0 saturated heterocycles. The lowest BCUT2D eigenvalue weighted by molar-refractivity contribution is 0.559. The topological polar surface area (TPSA) is 27.8 Å². The van der Waals surface area contributed by atoms with E-state index in [2.05, 4.69) is 74.8 Å². The smallest absolute Gasteiger partial charge is 0.0743 e. The van der Waals surface area contributed by atoms with E-state index in [4.69, 9.17) is 0 Å². The molecule has 0 unspecified atom stereocenters. The quantitative estimate of drug-likeness (QED) is 0.690. The standard InChI is InChI=1S/C17H15BrN2/c18-14-7-3-1-6-13(14)16-17-12(9-10-19-16)11-5-2-4-8-15(11)20-17/h1-8,16,19-20H,9-10H2/t16-/m1/s1. The fourth-order valence-corrected chi connectivity index (χ4v) is 3.67. The zero-order chi connectivity index (χ0) is 13.5. The van der Waals surface area contributed by atoms with Gasteiger partial charge in [-0.2, -0.15) is 0 Å². The van der Waals surface area contributed by atoms with Crippen molar-refractivity contribution in [2.24, 2.45) is 0 Å². The Hall–Kier alpha value is -1.58. The van der Waals surface area contributed by atoms with Crippen LogP contribution >= 0.6 is 15.9 Å². The molecule has 100 valence electrons. The van der Waals surface area contributed by atoms with Crippen LogP contribution in [0.4, 0.5) is 0 Å². The Labute approximate surface area is 126 Å². The summed E-state index contributed by atoms with van der Waals surface area (Å²) in [5, 5.41) is 4.99. The number of aromatic amines is 1. The fraction of sp³-hybridized carbons (Fsp3) is 0.176. The Morgan fingerprint density at radius 2 is 1.80 bits per heavy atom. The van der Waals surface area contributed by atoms with Gasteiger partial charge < -0.3 is 10.3 Å². The van der Waals surface area contributed by atoms with Crippen molar-refractivity contribution in [3.05, 3.63) is 69.8 Å². The summed E-state index contributed by atoms with van der Waals surface area (Å²) in [4.78, 5) is 3.61. The van der Waals surface area contributed by atoms with Crippen LogP contribution in [0, 0.1) is 0 Å². The van der Waals surface area contributed by atoms with Crippen molar-refractivity contribution in [3.63, 3.8) is 0 Å². The summed E-state index contributed by atoms with van der Waals surface area (Å²) in [6, 6.07) is 17.3. The highest BCUT2D eigenvalue weighted by atomic mass is 79.9. The number of H-pyrrole nitrogens is 1. The molecule has 1 aliphatic rings. The van der Waals surface area contributed by atoms with Crippen LogP contribution in [0.2, 0.25) is 0 Å². The molecule has 2 nitrogen and oxygen atoms in total. The molecule has 1 aliphatic heterocycles. The van der Waals surface area contributed by atoms with Gasteiger partial charge in [0.1, 0.15) is 0 Å². The van der Waals surface area contributed by atoms with E-state index in [1.54, 1.807) is 0 Å². The maximum absolute atomic E-state index is 3.67. The van der Waals surface area contributed by atoms with Crippen LogP contribution in [-0.4, -0.2) is 11.5 Å². The number of hydrogen-bond donors (Lipinski definition) is 2. The molecule has 2 heterocycles. The molecule has 3 heteroatoms. The van der Waals surface area contributed by atoms with Crippen LogP contribution in [0.15, 0.2) is 53.0 Å². The van der Waals surface area contributed by atoms with Crippen molar-refractivity contribution in [1.82, 2.24) is 10.3 Å². The van der Waals surface area contributed by atoms with E-state index in [0.717, 1.165) is 17.4 Å². The number of rotatable bonds is 1. The minimum atomic E-state index is 0.238. The van der Waals surface area contributed by atoms with Gasteiger partial charge in [0.05, 0.1) is 6.04 Å². The van der Waals surface area contributed by atoms with E-state index in [9.17, 15) is 0 Å². The zero-order valence-corrected chi connectivity index (χ0v) is 12.6. The number of benzene rings is 2. The average Bonchev–Trinajstić information content (AvgIpc) is 2.86. The molecule has 4 rings (SSSR count). The van der Waals surface area contributed by atoms with Crippen molar-refractivity contribution in [2.45, 2.75) is 12.5 Å². The third kappa shape index (κ3) is 1.81. The van der Waals surface area contributed by atoms with Gasteiger partial charge in [-0.05, 0) is 29.7 Å². The number of hydrogen-bond acceptors (Lipinski definition) is 1. The second-order valence-corrected chi connectivity index (χ2v) is 6.08. The molecule has 20 heavy (non-hydrogen) atoms. The molecule has 2 aromatic carbocycles. The lowest BCUT2D eigenvalue weighted by Gasteiger charge is -2.25. The highest BCUT2D eigenvalue weighted by Crippen LogP contribution is 2.35. The minimum absolute atomic E-state index is 0.238. The summed E-state index contributed by atoms with van der Waals surface area (Å²) >= 11 is 3.67. The van der Waals surface area contributed by atoms with E-state index >= 15 is 0 Å². The first-order valence-corrected chi connectivity index (χ1v) is 7.71. The molecular formula is C17H15BrN2. The van der Waals surface area contributed by atoms with Crippen LogP contribution < -0.4 is 5.32 Å². The second kappa shape index (κ2) is 4.76. The molecule has 0 bridgehead atoms. The van der Waals surface area contributed by atoms with Gasteiger partial charge in [-0.15, -0.1) is 0 Å². The Balaban J connectivity index is 1.92. The molecule has 0 fully saturated rings. The molecule has 1 atom stereocenters. The van der Waals surface area contributed by atoms with Crippen molar-refractivity contribution in [3.8, 4) is 0 Å². The maximum atomic E-state index is 3.67. The molecule has 0 spiro atoms. The van der Waals surface area contributed by atoms with Crippen LogP contribution in [0.3, 0.4) is 0 Å². The normalized spacial score (nSPS) is 18.1. The van der Waals surface area contributed by atoms with Gasteiger partial charge in [-0.1, -0.05) is 52.3 Å². The first-order chi connectivity index (χ1) is 9.84. The lowest BCUT2D eigenvalue weighted by Crippen LogP contribution is -2.30. The number of nitrogens with one attached hydrogen (secondary N) is 2. The monoisotopic (exact) mass is 326 g/mol. The predicted octanol–water partition coefficient (Wildman–Crippen LogP) is 4.17. The van der Waals surface area contributed by atoms with Crippen LogP contribution in [0.5, 0.6) is 0 Å². The number of para-hydroxylation sites is 1. The molecule has 2 N–H and O–H groups in total. The third-order valence-corrected chi connectivity index (χ3v) is 4.80. The summed E-state index contributed by atoms with van der Waals surface area (Å²) in [7, 11) is 0. The largest absolute Gasteiger partial charge is 0.357 e. The number of fused-ring (bicyclic) bond motifs is 3. The predicted molar refractivity (Wildman–Crippen MR) is 86.0 cm³/mol. The molecule has 0 aliphatic carbocycles. The van der Waals surface area contributed by atoms with E-state index in [1.165, 1.54) is 27.7 Å². The van der Waals surface area contributed by atoms with Gasteiger partial charge in [-0.25, -0.2) is 0 Å². The first kappa shape index (κ1) is 12.2. The molecule has 3 aromatic rings. The van der Waals surface area contributed by atoms with E-state index in [1.807, 2.05) is 0 Å². The first-order valence-electron chi connectivity index (χ1n) is 6.92. The van der Waals surface area contributed by atoms with Gasteiger partial charge in [0.25, 0.3) is 0 Å². The highest BCUT2D eigenvalue weighted by Gasteiger charge is 2.25. The Bertz CT molecular complexity index is 776. The number of halogens is 1. The summed E-state index contributed by atoms with van der Waals surface area (Å²) in [5.41, 5.74) is 5.29. The Morgan fingerprint density at radius 1 is 1.00 bits per heavy atom. The van der Waals surface area contributed by atoms with E-state index in [-0.39, 0.29) is 6.04 Å². The highest BCUT2D eigenvalue weighted by molar-refractivity contribution is 9.10. The SMILES string of the molecule is Brc1ccccc1[C@H]1NCCc2c1[nH]c1ccccc21. The third-order valence-electron chi connectivity index (χ3n) is 4.08. The van der Waals surface area contributed by atoms with Gasteiger partial charge >= 0.3 is 0 Å². The van der Waals surface area contributed by atoms with Gasteiger partial charge in [0.15, 0.2) is 0 Å². The maximum Gasteiger partial charge on any atom is 0.0743 e. The number of aromatic nitrogens is 1. The fourth-order valence-electron chi connectivity index (χ4n) is 3.15. The summed E-state index contributed by atoms with van der Waals surface area (Å²) in [6.07, 6.45) is 1.08.